The van der Waals surface area contributed by atoms with Crippen molar-refractivity contribution >= 4 is 23.0 Å². The van der Waals surface area contributed by atoms with E-state index in [1.54, 1.807) is 43.3 Å². The highest BCUT2D eigenvalue weighted by Crippen LogP contribution is 2.34. The highest BCUT2D eigenvalue weighted by molar-refractivity contribution is 5.75. The molecule has 1 aromatic carbocycles. The van der Waals surface area contributed by atoms with Gasteiger partial charge >= 0.3 is 5.69 Å². The van der Waals surface area contributed by atoms with E-state index in [1.165, 1.54) is 6.33 Å². The van der Waals surface area contributed by atoms with Gasteiger partial charge in [0.15, 0.2) is 0 Å². The smallest absolute Gasteiger partial charge is 0.355 e. The van der Waals surface area contributed by atoms with Crippen LogP contribution in [0.1, 0.15) is 0 Å². The number of nitrogens with zero attached hydrogens (tertiary/aromatic N) is 4. The number of hydrogen-bond donors (Lipinski definition) is 2. The first kappa shape index (κ1) is 14.5. The number of nitrogen functional groups attached to an aromatic ring is 1. The molecule has 0 unspecified atom stereocenters. The van der Waals surface area contributed by atoms with Gasteiger partial charge in [0.05, 0.1) is 12.0 Å². The molecule has 0 spiro atoms. The van der Waals surface area contributed by atoms with E-state index in [0.29, 0.717) is 11.4 Å². The molecule has 2 aromatic rings. The molecule has 0 atom stereocenters. The SMILES string of the molecule is COc1ccc(N(C)c2ncnc(NN)c2[N+](=O)[O-])cc1. The molecule has 0 aliphatic rings. The van der Waals surface area contributed by atoms with Crippen molar-refractivity contribution in [1.82, 2.24) is 9.97 Å². The standard InChI is InChI=1S/C12H14N6O3/c1-17(8-3-5-9(21-2)6-4-8)12-10(18(19)20)11(16-13)14-7-15-12/h3-7H,13H2,1-2H3,(H,14,15,16). The zero-order valence-electron chi connectivity index (χ0n) is 11.5. The van der Waals surface area contributed by atoms with Crippen LogP contribution < -0.4 is 20.9 Å². The van der Waals surface area contributed by atoms with E-state index in [2.05, 4.69) is 15.4 Å². The Morgan fingerprint density at radius 1 is 1.33 bits per heavy atom. The number of ether oxygens (including phenoxy) is 1. The summed E-state index contributed by atoms with van der Waals surface area (Å²) >= 11 is 0. The summed E-state index contributed by atoms with van der Waals surface area (Å²) in [4.78, 5) is 19.9. The van der Waals surface area contributed by atoms with Crippen molar-refractivity contribution in [3.05, 3.63) is 40.7 Å². The van der Waals surface area contributed by atoms with Crippen molar-refractivity contribution in [2.24, 2.45) is 5.84 Å². The Labute approximate surface area is 120 Å². The first-order valence-electron chi connectivity index (χ1n) is 5.92. The topological polar surface area (TPSA) is 119 Å². The van der Waals surface area contributed by atoms with Crippen LogP contribution in [-0.4, -0.2) is 29.0 Å². The van der Waals surface area contributed by atoms with Crippen LogP contribution >= 0.6 is 0 Å². The zero-order valence-corrected chi connectivity index (χ0v) is 11.5. The van der Waals surface area contributed by atoms with Gasteiger partial charge in [-0.2, -0.15) is 0 Å². The molecule has 1 aromatic heterocycles. The Morgan fingerprint density at radius 3 is 2.52 bits per heavy atom. The molecule has 2 rings (SSSR count). The van der Waals surface area contributed by atoms with E-state index >= 15 is 0 Å². The second-order valence-corrected chi connectivity index (χ2v) is 4.05. The first-order chi connectivity index (χ1) is 10.1. The molecule has 0 amide bonds. The van der Waals surface area contributed by atoms with Crippen molar-refractivity contribution < 1.29 is 9.66 Å². The molecule has 21 heavy (non-hydrogen) atoms. The maximum Gasteiger partial charge on any atom is 0.355 e. The molecule has 3 N–H and O–H groups in total. The minimum absolute atomic E-state index is 0.0506. The van der Waals surface area contributed by atoms with E-state index in [-0.39, 0.29) is 17.3 Å². The van der Waals surface area contributed by atoms with Gasteiger partial charge in [0.1, 0.15) is 12.1 Å². The fraction of sp³-hybridized carbons (Fsp3) is 0.167. The molecule has 0 saturated heterocycles. The van der Waals surface area contributed by atoms with Crippen LogP contribution in [0, 0.1) is 10.1 Å². The molecule has 0 radical (unpaired) electrons. The number of nitro groups is 1. The van der Waals surface area contributed by atoms with Gasteiger partial charge in [0.25, 0.3) is 0 Å². The predicted molar refractivity (Wildman–Crippen MR) is 77.6 cm³/mol. The van der Waals surface area contributed by atoms with Gasteiger partial charge in [-0.05, 0) is 24.3 Å². The van der Waals surface area contributed by atoms with E-state index < -0.39 is 4.92 Å². The Morgan fingerprint density at radius 2 is 2.00 bits per heavy atom. The molecule has 0 bridgehead atoms. The van der Waals surface area contributed by atoms with Gasteiger partial charge in [-0.1, -0.05) is 0 Å². The first-order valence-corrected chi connectivity index (χ1v) is 5.92. The van der Waals surface area contributed by atoms with Crippen molar-refractivity contribution in [2.75, 3.05) is 24.5 Å². The van der Waals surface area contributed by atoms with Gasteiger partial charge < -0.3 is 15.1 Å². The summed E-state index contributed by atoms with van der Waals surface area (Å²) in [5.74, 6) is 6.02. The summed E-state index contributed by atoms with van der Waals surface area (Å²) < 4.78 is 5.07. The molecule has 110 valence electrons. The van der Waals surface area contributed by atoms with Gasteiger partial charge in [-0.15, -0.1) is 0 Å². The molecule has 9 nitrogen and oxygen atoms in total. The summed E-state index contributed by atoms with van der Waals surface area (Å²) in [6.07, 6.45) is 1.21. The number of methoxy groups -OCH3 is 1. The Bertz CT molecular complexity index is 646. The predicted octanol–water partition coefficient (Wildman–Crippen LogP) is 1.45. The third kappa shape index (κ3) is 2.82. The quantitative estimate of drug-likeness (QED) is 0.482. The Hall–Kier alpha value is -2.94. The summed E-state index contributed by atoms with van der Waals surface area (Å²) in [6.45, 7) is 0. The zero-order chi connectivity index (χ0) is 15.4. The molecule has 0 aliphatic heterocycles. The number of nitrogens with two attached hydrogens (primary N) is 1. The molecular formula is C12H14N6O3. The van der Waals surface area contributed by atoms with Crippen LogP contribution in [0.2, 0.25) is 0 Å². The normalized spacial score (nSPS) is 10.0. The average Bonchev–Trinajstić information content (AvgIpc) is 2.53. The van der Waals surface area contributed by atoms with Crippen molar-refractivity contribution in [3.63, 3.8) is 0 Å². The van der Waals surface area contributed by atoms with Gasteiger partial charge in [-0.25, -0.2) is 15.8 Å². The average molecular weight is 290 g/mol. The Kier molecular flexibility index (Phi) is 4.14. The minimum atomic E-state index is -0.579. The summed E-state index contributed by atoms with van der Waals surface area (Å²) in [7, 11) is 3.23. The second kappa shape index (κ2) is 6.01. The second-order valence-electron chi connectivity index (χ2n) is 4.05. The summed E-state index contributed by atoms with van der Waals surface area (Å²) in [5, 5.41) is 11.2. The van der Waals surface area contributed by atoms with Crippen LogP contribution in [-0.2, 0) is 0 Å². The van der Waals surface area contributed by atoms with Gasteiger partial charge in [-0.3, -0.25) is 10.1 Å². The fourth-order valence-electron chi connectivity index (χ4n) is 1.82. The molecule has 0 saturated carbocycles. The lowest BCUT2D eigenvalue weighted by atomic mass is 10.2. The maximum absolute atomic E-state index is 11.2. The molecule has 9 heteroatoms. The highest BCUT2D eigenvalue weighted by Gasteiger charge is 2.25. The third-order valence-corrected chi connectivity index (χ3v) is 2.90. The Balaban J connectivity index is 2.46. The number of anilines is 3. The fourth-order valence-corrected chi connectivity index (χ4v) is 1.82. The van der Waals surface area contributed by atoms with E-state index in [0.717, 1.165) is 0 Å². The number of rotatable bonds is 5. The number of hydrazine groups is 1. The molecular weight excluding hydrogens is 276 g/mol. The van der Waals surface area contributed by atoms with Crippen molar-refractivity contribution in [3.8, 4) is 5.75 Å². The summed E-state index contributed by atoms with van der Waals surface area (Å²) in [6, 6.07) is 7.03. The lowest BCUT2D eigenvalue weighted by Gasteiger charge is -2.18. The largest absolute Gasteiger partial charge is 0.497 e. The van der Waals surface area contributed by atoms with Gasteiger partial charge in [0, 0.05) is 12.7 Å². The monoisotopic (exact) mass is 290 g/mol. The van der Waals surface area contributed by atoms with Crippen LogP contribution in [0.5, 0.6) is 5.75 Å². The van der Waals surface area contributed by atoms with Crippen molar-refractivity contribution in [2.45, 2.75) is 0 Å². The number of hydrogen-bond acceptors (Lipinski definition) is 8. The van der Waals surface area contributed by atoms with E-state index in [9.17, 15) is 10.1 Å². The number of aromatic nitrogens is 2. The number of benzene rings is 1. The molecule has 0 fully saturated rings. The lowest BCUT2D eigenvalue weighted by Crippen LogP contribution is -2.17. The molecule has 0 aliphatic carbocycles. The van der Waals surface area contributed by atoms with E-state index in [1.807, 2.05) is 0 Å². The maximum atomic E-state index is 11.2. The van der Waals surface area contributed by atoms with Crippen LogP contribution in [0.4, 0.5) is 23.0 Å². The number of nitrogens with one attached hydrogen (secondary N) is 1. The lowest BCUT2D eigenvalue weighted by molar-refractivity contribution is -0.383. The van der Waals surface area contributed by atoms with Crippen LogP contribution in [0.25, 0.3) is 0 Å². The van der Waals surface area contributed by atoms with Crippen molar-refractivity contribution in [1.29, 1.82) is 0 Å². The van der Waals surface area contributed by atoms with Crippen LogP contribution in [0.15, 0.2) is 30.6 Å². The third-order valence-electron chi connectivity index (χ3n) is 2.90. The van der Waals surface area contributed by atoms with Gasteiger partial charge in [0.2, 0.25) is 11.6 Å². The van der Waals surface area contributed by atoms with Crippen LogP contribution in [0.3, 0.4) is 0 Å². The summed E-state index contributed by atoms with van der Waals surface area (Å²) in [5.41, 5.74) is 2.62. The highest BCUT2D eigenvalue weighted by atomic mass is 16.6. The van der Waals surface area contributed by atoms with E-state index in [4.69, 9.17) is 10.6 Å². The molecule has 1 heterocycles. The minimum Gasteiger partial charge on any atom is -0.497 e.